The van der Waals surface area contributed by atoms with Gasteiger partial charge in [-0.3, -0.25) is 4.90 Å². The summed E-state index contributed by atoms with van der Waals surface area (Å²) in [7, 11) is 2.09. The summed E-state index contributed by atoms with van der Waals surface area (Å²) in [6, 6.07) is 0.489. The van der Waals surface area contributed by atoms with Gasteiger partial charge in [0.05, 0.1) is 6.04 Å². The molecule has 2 heterocycles. The van der Waals surface area contributed by atoms with E-state index in [-0.39, 0.29) is 18.2 Å². The van der Waals surface area contributed by atoms with Crippen LogP contribution in [0.15, 0.2) is 11.6 Å². The minimum atomic E-state index is -0.440. The van der Waals surface area contributed by atoms with Gasteiger partial charge in [-0.05, 0) is 47.6 Å². The van der Waals surface area contributed by atoms with Crippen molar-refractivity contribution >= 4 is 17.4 Å². The Bertz CT molecular complexity index is 484. The summed E-state index contributed by atoms with van der Waals surface area (Å²) in [6.45, 7) is 9.52. The van der Waals surface area contributed by atoms with Gasteiger partial charge in [0, 0.05) is 30.7 Å². The molecule has 1 fully saturated rings. The van der Waals surface area contributed by atoms with E-state index in [1.165, 1.54) is 0 Å². The van der Waals surface area contributed by atoms with E-state index in [4.69, 9.17) is 4.74 Å². The van der Waals surface area contributed by atoms with Gasteiger partial charge >= 0.3 is 6.09 Å². The highest BCUT2D eigenvalue weighted by molar-refractivity contribution is 7.09. The molecule has 0 spiro atoms. The zero-order chi connectivity index (χ0) is 16.3. The van der Waals surface area contributed by atoms with E-state index >= 15 is 0 Å². The lowest BCUT2D eigenvalue weighted by Gasteiger charge is -2.32. The summed E-state index contributed by atoms with van der Waals surface area (Å²) in [6.07, 6.45) is 3.73. The summed E-state index contributed by atoms with van der Waals surface area (Å²) < 4.78 is 5.52. The van der Waals surface area contributed by atoms with Crippen molar-refractivity contribution in [1.82, 2.24) is 14.8 Å². The van der Waals surface area contributed by atoms with Crippen LogP contribution in [0.2, 0.25) is 0 Å². The van der Waals surface area contributed by atoms with Crippen LogP contribution < -0.4 is 0 Å². The molecule has 0 saturated carbocycles. The van der Waals surface area contributed by atoms with Gasteiger partial charge in [0.1, 0.15) is 10.6 Å². The second kappa shape index (κ2) is 6.96. The van der Waals surface area contributed by atoms with Crippen molar-refractivity contribution in [1.29, 1.82) is 0 Å². The number of amides is 1. The Morgan fingerprint density at radius 1 is 1.59 bits per heavy atom. The molecule has 1 saturated heterocycles. The summed E-state index contributed by atoms with van der Waals surface area (Å²) >= 11 is 1.67. The van der Waals surface area contributed by atoms with Crippen molar-refractivity contribution in [2.75, 3.05) is 20.1 Å². The molecule has 0 bridgehead atoms. The standard InChI is InChI=1S/C16H27N3O2S/c1-12(14-17-8-10-22-14)18(5)11-13-7-6-9-19(13)15(20)21-16(2,3)4/h8,10,12-13H,6-7,9,11H2,1-5H3/t12-,13-/m1/s1. The SMILES string of the molecule is C[C@H](c1nccs1)N(C)C[C@H]1CCCN1C(=O)OC(C)(C)C. The molecule has 22 heavy (non-hydrogen) atoms. The predicted octanol–water partition coefficient (Wildman–Crippen LogP) is 3.54. The molecule has 0 aromatic carbocycles. The van der Waals surface area contributed by atoms with Crippen molar-refractivity contribution in [3.63, 3.8) is 0 Å². The third kappa shape index (κ3) is 4.43. The lowest BCUT2D eigenvalue weighted by atomic mass is 10.2. The maximum atomic E-state index is 12.3. The highest BCUT2D eigenvalue weighted by Gasteiger charge is 2.33. The molecule has 124 valence electrons. The van der Waals surface area contributed by atoms with E-state index in [0.717, 1.165) is 30.9 Å². The summed E-state index contributed by atoms with van der Waals surface area (Å²) in [5.74, 6) is 0. The first kappa shape index (κ1) is 17.2. The van der Waals surface area contributed by atoms with E-state index in [1.807, 2.05) is 37.2 Å². The van der Waals surface area contributed by atoms with Crippen molar-refractivity contribution in [2.24, 2.45) is 0 Å². The normalized spacial score (nSPS) is 20.5. The number of aromatic nitrogens is 1. The third-order valence-electron chi connectivity index (χ3n) is 3.97. The Hall–Kier alpha value is -1.14. The molecule has 0 N–H and O–H groups in total. The Balaban J connectivity index is 1.94. The van der Waals surface area contributed by atoms with Crippen LogP contribution in [0.25, 0.3) is 0 Å². The third-order valence-corrected chi connectivity index (χ3v) is 4.92. The fraction of sp³-hybridized carbons (Fsp3) is 0.750. The van der Waals surface area contributed by atoms with Crippen LogP contribution in [0.1, 0.15) is 51.6 Å². The van der Waals surface area contributed by atoms with Gasteiger partial charge in [0.25, 0.3) is 0 Å². The molecular weight excluding hydrogens is 298 g/mol. The van der Waals surface area contributed by atoms with E-state index in [1.54, 1.807) is 11.3 Å². The van der Waals surface area contributed by atoms with E-state index in [2.05, 4.69) is 23.9 Å². The molecule has 1 amide bonds. The van der Waals surface area contributed by atoms with E-state index in [0.29, 0.717) is 0 Å². The molecule has 5 nitrogen and oxygen atoms in total. The van der Waals surface area contributed by atoms with Gasteiger partial charge < -0.3 is 9.64 Å². The first-order valence-corrected chi connectivity index (χ1v) is 8.75. The number of hydrogen-bond donors (Lipinski definition) is 0. The topological polar surface area (TPSA) is 45.7 Å². The fourth-order valence-electron chi connectivity index (χ4n) is 2.71. The number of nitrogens with zero attached hydrogens (tertiary/aromatic N) is 3. The number of likely N-dealkylation sites (N-methyl/N-ethyl adjacent to an activating group) is 1. The molecular formula is C16H27N3O2S. The first-order valence-electron chi connectivity index (χ1n) is 7.87. The van der Waals surface area contributed by atoms with Crippen LogP contribution >= 0.6 is 11.3 Å². The largest absolute Gasteiger partial charge is 0.444 e. The zero-order valence-corrected chi connectivity index (χ0v) is 15.0. The van der Waals surface area contributed by atoms with Gasteiger partial charge in [-0.1, -0.05) is 0 Å². The van der Waals surface area contributed by atoms with E-state index in [9.17, 15) is 4.79 Å². The molecule has 0 radical (unpaired) electrons. The second-order valence-corrected chi connectivity index (χ2v) is 7.88. The van der Waals surface area contributed by atoms with Gasteiger partial charge in [-0.2, -0.15) is 0 Å². The molecule has 2 atom stereocenters. The Kier molecular flexibility index (Phi) is 5.45. The van der Waals surface area contributed by atoms with Crippen molar-refractivity contribution in [3.8, 4) is 0 Å². The van der Waals surface area contributed by atoms with Crippen LogP contribution in [0, 0.1) is 0 Å². The highest BCUT2D eigenvalue weighted by Crippen LogP contribution is 2.25. The predicted molar refractivity (Wildman–Crippen MR) is 89.1 cm³/mol. The maximum absolute atomic E-state index is 12.3. The second-order valence-electron chi connectivity index (χ2n) is 6.96. The fourth-order valence-corrected chi connectivity index (χ4v) is 3.47. The molecule has 0 unspecified atom stereocenters. The van der Waals surface area contributed by atoms with E-state index < -0.39 is 5.60 Å². The minimum Gasteiger partial charge on any atom is -0.444 e. The zero-order valence-electron chi connectivity index (χ0n) is 14.2. The van der Waals surface area contributed by atoms with Gasteiger partial charge in [-0.25, -0.2) is 9.78 Å². The van der Waals surface area contributed by atoms with Crippen LogP contribution in [0.4, 0.5) is 4.79 Å². The number of hydrogen-bond acceptors (Lipinski definition) is 5. The minimum absolute atomic E-state index is 0.190. The van der Waals surface area contributed by atoms with Crippen molar-refractivity contribution in [3.05, 3.63) is 16.6 Å². The monoisotopic (exact) mass is 325 g/mol. The maximum Gasteiger partial charge on any atom is 0.410 e. The molecule has 0 aliphatic carbocycles. The number of rotatable bonds is 4. The Morgan fingerprint density at radius 3 is 2.91 bits per heavy atom. The number of thiazole rings is 1. The molecule has 2 rings (SSSR count). The lowest BCUT2D eigenvalue weighted by molar-refractivity contribution is 0.0193. The molecule has 1 aromatic rings. The van der Waals surface area contributed by atoms with Gasteiger partial charge in [-0.15, -0.1) is 11.3 Å². The summed E-state index contributed by atoms with van der Waals surface area (Å²) in [4.78, 5) is 20.9. The number of carbonyl (C=O) groups is 1. The number of ether oxygens (including phenoxy) is 1. The average Bonchev–Trinajstić information content (AvgIpc) is 3.06. The number of likely N-dealkylation sites (tertiary alicyclic amines) is 1. The van der Waals surface area contributed by atoms with Crippen LogP contribution in [0.3, 0.4) is 0 Å². The van der Waals surface area contributed by atoms with Crippen molar-refractivity contribution in [2.45, 2.75) is 58.2 Å². The van der Waals surface area contributed by atoms with Crippen molar-refractivity contribution < 1.29 is 9.53 Å². The highest BCUT2D eigenvalue weighted by atomic mass is 32.1. The summed E-state index contributed by atoms with van der Waals surface area (Å²) in [5.41, 5.74) is -0.440. The van der Waals surface area contributed by atoms with Crippen LogP contribution in [-0.2, 0) is 4.74 Å². The molecule has 1 aliphatic rings. The summed E-state index contributed by atoms with van der Waals surface area (Å²) in [5, 5.41) is 3.12. The van der Waals surface area contributed by atoms with Crippen LogP contribution in [-0.4, -0.2) is 52.7 Å². The van der Waals surface area contributed by atoms with Gasteiger partial charge in [0.2, 0.25) is 0 Å². The number of carbonyl (C=O) groups excluding carboxylic acids is 1. The molecule has 1 aromatic heterocycles. The average molecular weight is 325 g/mol. The Labute approximate surface area is 137 Å². The van der Waals surface area contributed by atoms with Gasteiger partial charge in [0.15, 0.2) is 0 Å². The molecule has 1 aliphatic heterocycles. The lowest BCUT2D eigenvalue weighted by Crippen LogP contribution is -2.44. The Morgan fingerprint density at radius 2 is 2.32 bits per heavy atom. The smallest absolute Gasteiger partial charge is 0.410 e. The first-order chi connectivity index (χ1) is 10.3. The van der Waals surface area contributed by atoms with Crippen LogP contribution in [0.5, 0.6) is 0 Å². The molecule has 6 heteroatoms. The quantitative estimate of drug-likeness (QED) is 0.849.